The molecular formula is C21H16Cl5N3OS. The number of halogens is 5. The Labute approximate surface area is 210 Å². The molecule has 0 aromatic heterocycles. The first-order valence-corrected chi connectivity index (χ1v) is 11.3. The first kappa shape index (κ1) is 24.2. The van der Waals surface area contributed by atoms with Crippen LogP contribution >= 0.6 is 70.2 Å². The Morgan fingerprint density at radius 2 is 1.65 bits per heavy atom. The van der Waals surface area contributed by atoms with Gasteiger partial charge in [-0.1, -0.05) is 100 Å². The molecule has 1 atom stereocenters. The molecule has 0 bridgehead atoms. The third-order valence-electron chi connectivity index (χ3n) is 4.32. The summed E-state index contributed by atoms with van der Waals surface area (Å²) in [7, 11) is 0. The van der Waals surface area contributed by atoms with E-state index in [1.54, 1.807) is 18.2 Å². The van der Waals surface area contributed by atoms with Gasteiger partial charge in [0.15, 0.2) is 5.11 Å². The van der Waals surface area contributed by atoms with E-state index >= 15 is 0 Å². The van der Waals surface area contributed by atoms with E-state index in [1.165, 1.54) is 0 Å². The van der Waals surface area contributed by atoms with Crippen molar-refractivity contribution in [3.05, 3.63) is 76.3 Å². The summed E-state index contributed by atoms with van der Waals surface area (Å²) in [6.07, 6.45) is -0.976. The summed E-state index contributed by atoms with van der Waals surface area (Å²) in [6, 6.07) is 18.5. The largest absolute Gasteiger partial charge is 0.339 e. The number of carbonyl (C=O) groups is 1. The summed E-state index contributed by atoms with van der Waals surface area (Å²) < 4.78 is -1.86. The zero-order chi connectivity index (χ0) is 22.6. The zero-order valence-electron chi connectivity index (χ0n) is 15.8. The fourth-order valence-corrected chi connectivity index (χ4v) is 3.76. The van der Waals surface area contributed by atoms with Crippen LogP contribution in [0.4, 0.5) is 5.69 Å². The Balaban J connectivity index is 1.68. The normalized spacial score (nSPS) is 12.3. The molecule has 162 valence electrons. The summed E-state index contributed by atoms with van der Waals surface area (Å²) in [5, 5.41) is 11.3. The third-order valence-corrected chi connectivity index (χ3v) is 5.93. The van der Waals surface area contributed by atoms with Crippen molar-refractivity contribution in [1.29, 1.82) is 0 Å². The molecule has 0 aliphatic heterocycles. The van der Waals surface area contributed by atoms with Gasteiger partial charge in [0.25, 0.3) is 0 Å². The predicted molar refractivity (Wildman–Crippen MR) is 136 cm³/mol. The van der Waals surface area contributed by atoms with E-state index in [-0.39, 0.29) is 17.4 Å². The Morgan fingerprint density at radius 3 is 2.35 bits per heavy atom. The number of benzene rings is 3. The summed E-state index contributed by atoms with van der Waals surface area (Å²) in [5.74, 6) is -0.336. The highest BCUT2D eigenvalue weighted by atomic mass is 35.6. The molecule has 3 aromatic rings. The van der Waals surface area contributed by atoms with Crippen molar-refractivity contribution in [3.8, 4) is 0 Å². The van der Waals surface area contributed by atoms with Crippen molar-refractivity contribution in [2.24, 2.45) is 0 Å². The fraction of sp³-hybridized carbons (Fsp3) is 0.143. The van der Waals surface area contributed by atoms with E-state index in [2.05, 4.69) is 16.0 Å². The molecular weight excluding hydrogens is 520 g/mol. The van der Waals surface area contributed by atoms with Crippen LogP contribution in [0.3, 0.4) is 0 Å². The van der Waals surface area contributed by atoms with Crippen LogP contribution in [0.5, 0.6) is 0 Å². The van der Waals surface area contributed by atoms with Gasteiger partial charge in [-0.05, 0) is 46.8 Å². The van der Waals surface area contributed by atoms with Gasteiger partial charge < -0.3 is 16.0 Å². The predicted octanol–water partition coefficient (Wildman–Crippen LogP) is 6.49. The van der Waals surface area contributed by atoms with Gasteiger partial charge in [0.2, 0.25) is 9.70 Å². The number of alkyl halides is 3. The Bertz CT molecular complexity index is 1110. The van der Waals surface area contributed by atoms with Crippen LogP contribution in [0.2, 0.25) is 10.0 Å². The molecule has 31 heavy (non-hydrogen) atoms. The van der Waals surface area contributed by atoms with Gasteiger partial charge in [0, 0.05) is 5.69 Å². The highest BCUT2D eigenvalue weighted by molar-refractivity contribution is 7.80. The number of anilines is 1. The first-order valence-electron chi connectivity index (χ1n) is 8.99. The van der Waals surface area contributed by atoms with Gasteiger partial charge in [0.05, 0.1) is 16.5 Å². The maximum Gasteiger partial charge on any atom is 0.228 e. The Kier molecular flexibility index (Phi) is 8.14. The number of hydrogen-bond acceptors (Lipinski definition) is 2. The van der Waals surface area contributed by atoms with E-state index in [0.717, 1.165) is 16.3 Å². The van der Waals surface area contributed by atoms with Crippen LogP contribution in [0.15, 0.2) is 60.7 Å². The lowest BCUT2D eigenvalue weighted by Gasteiger charge is -2.28. The van der Waals surface area contributed by atoms with E-state index in [9.17, 15) is 4.79 Å². The average Bonchev–Trinajstić information content (AvgIpc) is 2.70. The number of carbonyl (C=O) groups excluding carboxylic acids is 1. The molecule has 0 heterocycles. The highest BCUT2D eigenvalue weighted by Gasteiger charge is 2.34. The minimum atomic E-state index is -1.86. The number of thiocarbonyl (C=S) groups is 1. The lowest BCUT2D eigenvalue weighted by molar-refractivity contribution is -0.121. The Morgan fingerprint density at radius 1 is 0.935 bits per heavy atom. The molecule has 0 spiro atoms. The minimum absolute atomic E-state index is 0.104. The molecule has 10 heteroatoms. The van der Waals surface area contributed by atoms with E-state index in [0.29, 0.717) is 15.7 Å². The summed E-state index contributed by atoms with van der Waals surface area (Å²) in [4.78, 5) is 12.7. The van der Waals surface area contributed by atoms with Crippen molar-refractivity contribution < 1.29 is 4.79 Å². The summed E-state index contributed by atoms with van der Waals surface area (Å²) in [5.41, 5.74) is 1.44. The van der Waals surface area contributed by atoms with Crippen LogP contribution in [0.25, 0.3) is 10.8 Å². The third kappa shape index (κ3) is 6.75. The second-order valence-corrected chi connectivity index (χ2v) is 10.2. The van der Waals surface area contributed by atoms with Crippen LogP contribution in [-0.4, -0.2) is 21.0 Å². The Hall–Kier alpha value is -1.47. The second-order valence-electron chi connectivity index (χ2n) is 6.58. The molecule has 0 saturated heterocycles. The van der Waals surface area contributed by atoms with Crippen molar-refractivity contribution >= 4 is 97.7 Å². The van der Waals surface area contributed by atoms with Crippen LogP contribution < -0.4 is 16.0 Å². The minimum Gasteiger partial charge on any atom is -0.339 e. The lowest BCUT2D eigenvalue weighted by atomic mass is 10.0. The zero-order valence-corrected chi connectivity index (χ0v) is 20.4. The molecule has 3 aromatic carbocycles. The van der Waals surface area contributed by atoms with E-state index < -0.39 is 9.96 Å². The monoisotopic (exact) mass is 533 g/mol. The first-order chi connectivity index (χ1) is 14.6. The molecule has 3 rings (SSSR count). The average molecular weight is 536 g/mol. The molecule has 3 N–H and O–H groups in total. The van der Waals surface area contributed by atoms with Gasteiger partial charge in [-0.2, -0.15) is 0 Å². The van der Waals surface area contributed by atoms with Crippen molar-refractivity contribution in [3.63, 3.8) is 0 Å². The topological polar surface area (TPSA) is 53.2 Å². The quantitative estimate of drug-likeness (QED) is 0.199. The SMILES string of the molecule is O=C(Cc1cccc2ccccc12)NC(NC(=S)Nc1ccc(Cl)c(Cl)c1)C(Cl)(Cl)Cl. The van der Waals surface area contributed by atoms with Crippen LogP contribution in [0.1, 0.15) is 5.56 Å². The van der Waals surface area contributed by atoms with Crippen LogP contribution in [0, 0.1) is 0 Å². The molecule has 1 unspecified atom stereocenters. The van der Waals surface area contributed by atoms with Gasteiger partial charge >= 0.3 is 0 Å². The van der Waals surface area contributed by atoms with Gasteiger partial charge in [0.1, 0.15) is 6.17 Å². The summed E-state index contributed by atoms with van der Waals surface area (Å²) >= 11 is 35.4. The second kappa shape index (κ2) is 10.4. The number of fused-ring (bicyclic) bond motifs is 1. The van der Waals surface area contributed by atoms with Crippen molar-refractivity contribution in [2.75, 3.05) is 5.32 Å². The molecule has 4 nitrogen and oxygen atoms in total. The lowest BCUT2D eigenvalue weighted by Crippen LogP contribution is -2.56. The van der Waals surface area contributed by atoms with E-state index in [4.69, 9.17) is 70.2 Å². The smallest absolute Gasteiger partial charge is 0.228 e. The van der Waals surface area contributed by atoms with Gasteiger partial charge in [-0.3, -0.25) is 4.79 Å². The molecule has 0 aliphatic rings. The van der Waals surface area contributed by atoms with Crippen molar-refractivity contribution in [2.45, 2.75) is 16.4 Å². The number of rotatable bonds is 5. The number of amides is 1. The van der Waals surface area contributed by atoms with E-state index in [1.807, 2.05) is 42.5 Å². The highest BCUT2D eigenvalue weighted by Crippen LogP contribution is 2.30. The van der Waals surface area contributed by atoms with Crippen molar-refractivity contribution in [1.82, 2.24) is 10.6 Å². The molecule has 0 aliphatic carbocycles. The summed E-state index contributed by atoms with van der Waals surface area (Å²) in [6.45, 7) is 0. The maximum absolute atomic E-state index is 12.7. The number of nitrogens with one attached hydrogen (secondary N) is 3. The molecule has 1 amide bonds. The molecule has 0 saturated carbocycles. The van der Waals surface area contributed by atoms with Crippen LogP contribution in [-0.2, 0) is 11.2 Å². The number of hydrogen-bond donors (Lipinski definition) is 3. The van der Waals surface area contributed by atoms with Gasteiger partial charge in [-0.25, -0.2) is 0 Å². The fourth-order valence-electron chi connectivity index (χ4n) is 2.90. The van der Waals surface area contributed by atoms with Gasteiger partial charge in [-0.15, -0.1) is 0 Å². The maximum atomic E-state index is 12.7. The standard InChI is InChI=1S/C21H16Cl5N3OS/c22-16-9-8-14(11-17(16)23)27-20(31)29-19(21(24,25)26)28-18(30)10-13-6-3-5-12-4-1-2-7-15(12)13/h1-9,11,19H,10H2,(H,28,30)(H2,27,29,31). The molecule has 0 radical (unpaired) electrons. The molecule has 0 fully saturated rings.